The van der Waals surface area contributed by atoms with E-state index in [0.29, 0.717) is 23.6 Å². The van der Waals surface area contributed by atoms with Gasteiger partial charge in [-0.25, -0.2) is 0 Å². The van der Waals surface area contributed by atoms with Gasteiger partial charge in [0.15, 0.2) is 0 Å². The van der Waals surface area contributed by atoms with Crippen LogP contribution in [0.3, 0.4) is 0 Å². The molecule has 1 fully saturated rings. The summed E-state index contributed by atoms with van der Waals surface area (Å²) >= 11 is 0. The molecule has 2 N–H and O–H groups in total. The summed E-state index contributed by atoms with van der Waals surface area (Å²) in [5.41, 5.74) is 8.21. The van der Waals surface area contributed by atoms with Crippen molar-refractivity contribution in [1.29, 1.82) is 5.26 Å². The topological polar surface area (TPSA) is 71.9 Å². The van der Waals surface area contributed by atoms with E-state index in [1.165, 1.54) is 19.3 Å². The zero-order chi connectivity index (χ0) is 13.9. The maximum absolute atomic E-state index is 9.19. The maximum atomic E-state index is 9.19. The molecule has 1 saturated carbocycles. The Hall–Kier alpha value is -1.60. The lowest BCUT2D eigenvalue weighted by Gasteiger charge is -2.33. The molecule has 1 aliphatic rings. The van der Waals surface area contributed by atoms with Crippen LogP contribution in [0.1, 0.15) is 49.1 Å². The summed E-state index contributed by atoms with van der Waals surface area (Å²) in [4.78, 5) is 4.28. The third-order valence-electron chi connectivity index (χ3n) is 3.77. The van der Waals surface area contributed by atoms with Crippen LogP contribution < -0.4 is 10.5 Å². The Kier molecular flexibility index (Phi) is 4.06. The Morgan fingerprint density at radius 3 is 2.68 bits per heavy atom. The Morgan fingerprint density at radius 2 is 2.05 bits per heavy atom. The molecule has 0 spiro atoms. The molecular weight excluding hydrogens is 238 g/mol. The molecule has 0 bridgehead atoms. The quantitative estimate of drug-likeness (QED) is 0.905. The molecule has 102 valence electrons. The van der Waals surface area contributed by atoms with Gasteiger partial charge in [0.05, 0.1) is 11.2 Å². The summed E-state index contributed by atoms with van der Waals surface area (Å²) in [6, 6.07) is 3.98. The first-order valence-corrected chi connectivity index (χ1v) is 6.84. The summed E-state index contributed by atoms with van der Waals surface area (Å²) in [7, 11) is 0. The molecule has 4 nitrogen and oxygen atoms in total. The molecule has 2 rings (SSSR count). The summed E-state index contributed by atoms with van der Waals surface area (Å²) in [5, 5.41) is 9.19. The highest BCUT2D eigenvalue weighted by Gasteiger charge is 2.28. The van der Waals surface area contributed by atoms with Gasteiger partial charge in [-0.1, -0.05) is 19.3 Å². The number of rotatable bonds is 3. The number of nitriles is 1. The second-order valence-electron chi connectivity index (χ2n) is 5.55. The number of hydrogen-bond acceptors (Lipinski definition) is 4. The number of pyridine rings is 1. The van der Waals surface area contributed by atoms with Crippen LogP contribution in [0.4, 0.5) is 0 Å². The van der Waals surface area contributed by atoms with Crippen LogP contribution in [-0.4, -0.2) is 17.1 Å². The van der Waals surface area contributed by atoms with Crippen molar-refractivity contribution in [2.24, 2.45) is 5.73 Å². The molecule has 0 aromatic carbocycles. The van der Waals surface area contributed by atoms with Crippen LogP contribution >= 0.6 is 0 Å². The van der Waals surface area contributed by atoms with Gasteiger partial charge in [0.25, 0.3) is 0 Å². The van der Waals surface area contributed by atoms with Crippen molar-refractivity contribution < 1.29 is 4.74 Å². The van der Waals surface area contributed by atoms with Crippen molar-refractivity contribution in [3.63, 3.8) is 0 Å². The average Bonchev–Trinajstić information content (AvgIpc) is 2.37. The van der Waals surface area contributed by atoms with Crippen LogP contribution in [0.15, 0.2) is 6.07 Å². The van der Waals surface area contributed by atoms with Crippen molar-refractivity contribution >= 4 is 0 Å². The second-order valence-corrected chi connectivity index (χ2v) is 5.55. The SMILES string of the molecule is Cc1cc(OCC2(N)CCCCC2)c(C#N)c(C)n1. The smallest absolute Gasteiger partial charge is 0.140 e. The van der Waals surface area contributed by atoms with E-state index in [1.807, 2.05) is 19.9 Å². The molecule has 1 aromatic heterocycles. The summed E-state index contributed by atoms with van der Waals surface area (Å²) in [6.45, 7) is 4.21. The molecule has 0 atom stereocenters. The van der Waals surface area contributed by atoms with E-state index in [0.717, 1.165) is 18.5 Å². The maximum Gasteiger partial charge on any atom is 0.140 e. The highest BCUT2D eigenvalue weighted by atomic mass is 16.5. The van der Waals surface area contributed by atoms with Gasteiger partial charge in [0.1, 0.15) is 24.0 Å². The van der Waals surface area contributed by atoms with Gasteiger partial charge in [0.2, 0.25) is 0 Å². The molecule has 1 aromatic rings. The molecule has 0 aliphatic heterocycles. The van der Waals surface area contributed by atoms with E-state index in [1.54, 1.807) is 0 Å². The fourth-order valence-corrected chi connectivity index (χ4v) is 2.66. The van der Waals surface area contributed by atoms with Crippen LogP contribution in [0.5, 0.6) is 5.75 Å². The van der Waals surface area contributed by atoms with Gasteiger partial charge in [-0.3, -0.25) is 4.98 Å². The lowest BCUT2D eigenvalue weighted by Crippen LogP contribution is -2.47. The highest BCUT2D eigenvalue weighted by molar-refractivity contribution is 5.46. The molecule has 1 aliphatic carbocycles. The van der Waals surface area contributed by atoms with Crippen molar-refractivity contribution in [3.8, 4) is 11.8 Å². The molecule has 4 heteroatoms. The lowest BCUT2D eigenvalue weighted by atomic mass is 9.83. The first-order valence-electron chi connectivity index (χ1n) is 6.84. The zero-order valence-corrected chi connectivity index (χ0v) is 11.7. The van der Waals surface area contributed by atoms with E-state index in [-0.39, 0.29) is 5.54 Å². The minimum atomic E-state index is -0.240. The van der Waals surface area contributed by atoms with Gasteiger partial charge >= 0.3 is 0 Å². The molecule has 0 radical (unpaired) electrons. The third-order valence-corrected chi connectivity index (χ3v) is 3.77. The van der Waals surface area contributed by atoms with Gasteiger partial charge in [-0.15, -0.1) is 0 Å². The monoisotopic (exact) mass is 259 g/mol. The van der Waals surface area contributed by atoms with Crippen LogP contribution in [0, 0.1) is 25.2 Å². The zero-order valence-electron chi connectivity index (χ0n) is 11.7. The average molecular weight is 259 g/mol. The van der Waals surface area contributed by atoms with E-state index < -0.39 is 0 Å². The van der Waals surface area contributed by atoms with Crippen molar-refractivity contribution in [1.82, 2.24) is 4.98 Å². The van der Waals surface area contributed by atoms with Gasteiger partial charge in [-0.2, -0.15) is 5.26 Å². The normalized spacial score (nSPS) is 17.8. The predicted molar refractivity (Wildman–Crippen MR) is 73.9 cm³/mol. The Bertz CT molecular complexity index is 499. The standard InChI is InChI=1S/C15H21N3O/c1-11-8-14(13(9-16)12(2)18-11)19-10-15(17)6-4-3-5-7-15/h8H,3-7,10,17H2,1-2H3. The van der Waals surface area contributed by atoms with E-state index in [4.69, 9.17) is 10.5 Å². The van der Waals surface area contributed by atoms with Gasteiger partial charge in [0, 0.05) is 11.8 Å². The number of hydrogen-bond donors (Lipinski definition) is 1. The lowest BCUT2D eigenvalue weighted by molar-refractivity contribution is 0.173. The van der Waals surface area contributed by atoms with E-state index in [2.05, 4.69) is 11.1 Å². The number of nitrogens with two attached hydrogens (primary N) is 1. The van der Waals surface area contributed by atoms with Crippen molar-refractivity contribution in [2.75, 3.05) is 6.61 Å². The van der Waals surface area contributed by atoms with E-state index >= 15 is 0 Å². The first kappa shape index (κ1) is 13.8. The summed E-state index contributed by atoms with van der Waals surface area (Å²) in [5.74, 6) is 0.614. The Morgan fingerprint density at radius 1 is 1.37 bits per heavy atom. The van der Waals surface area contributed by atoms with Crippen LogP contribution in [0.2, 0.25) is 0 Å². The van der Waals surface area contributed by atoms with Gasteiger partial charge < -0.3 is 10.5 Å². The van der Waals surface area contributed by atoms with Crippen molar-refractivity contribution in [2.45, 2.75) is 51.5 Å². The fourth-order valence-electron chi connectivity index (χ4n) is 2.66. The van der Waals surface area contributed by atoms with Crippen LogP contribution in [0.25, 0.3) is 0 Å². The summed E-state index contributed by atoms with van der Waals surface area (Å²) < 4.78 is 5.84. The molecule has 0 saturated heterocycles. The minimum Gasteiger partial charge on any atom is -0.490 e. The molecular formula is C15H21N3O. The first-order chi connectivity index (χ1) is 9.04. The number of ether oxygens (including phenoxy) is 1. The molecule has 1 heterocycles. The fraction of sp³-hybridized carbons (Fsp3) is 0.600. The molecule has 19 heavy (non-hydrogen) atoms. The second kappa shape index (κ2) is 5.58. The largest absolute Gasteiger partial charge is 0.490 e. The third kappa shape index (κ3) is 3.24. The minimum absolute atomic E-state index is 0.240. The Labute approximate surface area is 114 Å². The number of aryl methyl sites for hydroxylation is 2. The number of nitrogens with zero attached hydrogens (tertiary/aromatic N) is 2. The number of aromatic nitrogens is 1. The molecule has 0 amide bonds. The van der Waals surface area contributed by atoms with Gasteiger partial charge in [-0.05, 0) is 26.7 Å². The highest BCUT2D eigenvalue weighted by Crippen LogP contribution is 2.28. The Balaban J connectivity index is 2.13. The predicted octanol–water partition coefficient (Wildman–Crippen LogP) is 2.61. The molecule has 0 unspecified atom stereocenters. The van der Waals surface area contributed by atoms with E-state index in [9.17, 15) is 5.26 Å². The summed E-state index contributed by atoms with van der Waals surface area (Å²) in [6.07, 6.45) is 5.59. The van der Waals surface area contributed by atoms with Crippen molar-refractivity contribution in [3.05, 3.63) is 23.0 Å². The van der Waals surface area contributed by atoms with Crippen LogP contribution in [-0.2, 0) is 0 Å².